The van der Waals surface area contributed by atoms with Gasteiger partial charge >= 0.3 is 0 Å². The molecular formula is C6H12O3S. The maximum atomic E-state index is 11.1. The molecule has 1 aliphatic rings. The Morgan fingerprint density at radius 1 is 1.50 bits per heavy atom. The molecule has 1 heterocycles. The normalized spacial score (nSPS) is 30.1. The lowest BCUT2D eigenvalue weighted by atomic mass is 10.3. The fraction of sp³-hybridized carbons (Fsp3) is 1.00. The highest BCUT2D eigenvalue weighted by Gasteiger charge is 2.55. The van der Waals surface area contributed by atoms with Gasteiger partial charge in [0.15, 0.2) is 15.3 Å². The van der Waals surface area contributed by atoms with E-state index in [0.717, 1.165) is 0 Å². The Hall–Kier alpha value is -0.0900. The number of epoxide rings is 1. The Balaban J connectivity index is 2.73. The van der Waals surface area contributed by atoms with Crippen molar-refractivity contribution >= 4 is 9.84 Å². The number of hydrogen-bond donors (Lipinski definition) is 0. The summed E-state index contributed by atoms with van der Waals surface area (Å²) in [6, 6.07) is 0. The minimum absolute atomic E-state index is 0.168. The van der Waals surface area contributed by atoms with Gasteiger partial charge < -0.3 is 4.74 Å². The zero-order valence-electron chi connectivity index (χ0n) is 6.42. The third kappa shape index (κ3) is 1.18. The molecule has 1 atom stereocenters. The van der Waals surface area contributed by atoms with Crippen molar-refractivity contribution in [3.05, 3.63) is 0 Å². The van der Waals surface area contributed by atoms with Crippen LogP contribution in [0.1, 0.15) is 20.8 Å². The predicted molar refractivity (Wildman–Crippen MR) is 38.4 cm³/mol. The first-order valence-corrected chi connectivity index (χ1v) is 5.01. The molecule has 0 amide bonds. The summed E-state index contributed by atoms with van der Waals surface area (Å²) in [7, 11) is -2.95. The van der Waals surface area contributed by atoms with Crippen molar-refractivity contribution in [3.63, 3.8) is 0 Å². The van der Waals surface area contributed by atoms with Crippen LogP contribution in [0, 0.1) is 0 Å². The lowest BCUT2D eigenvalue weighted by Crippen LogP contribution is -2.16. The van der Waals surface area contributed by atoms with Crippen LogP contribution < -0.4 is 0 Å². The third-order valence-corrected chi connectivity index (χ3v) is 3.77. The molecule has 60 valence electrons. The van der Waals surface area contributed by atoms with Crippen LogP contribution in [0.5, 0.6) is 0 Å². The third-order valence-electron chi connectivity index (χ3n) is 1.65. The van der Waals surface area contributed by atoms with Gasteiger partial charge in [-0.05, 0) is 13.8 Å². The predicted octanol–water partition coefficient (Wildman–Crippen LogP) is 0.556. The smallest absolute Gasteiger partial charge is 0.187 e. The fourth-order valence-electron chi connectivity index (χ4n) is 0.899. The largest absolute Gasteiger partial charge is 0.350 e. The lowest BCUT2D eigenvalue weighted by Gasteiger charge is -1.95. The second kappa shape index (κ2) is 1.95. The number of hydrogen-bond acceptors (Lipinski definition) is 3. The highest BCUT2D eigenvalue weighted by Crippen LogP contribution is 2.39. The van der Waals surface area contributed by atoms with Crippen molar-refractivity contribution in [3.8, 4) is 0 Å². The van der Waals surface area contributed by atoms with E-state index in [1.165, 1.54) is 0 Å². The molecule has 0 spiro atoms. The Labute approximate surface area is 61.3 Å². The summed E-state index contributed by atoms with van der Waals surface area (Å²) in [5.74, 6) is 0.168. The molecule has 1 saturated heterocycles. The molecule has 0 bridgehead atoms. The summed E-state index contributed by atoms with van der Waals surface area (Å²) >= 11 is 0. The van der Waals surface area contributed by atoms with Crippen LogP contribution in [-0.4, -0.2) is 25.2 Å². The van der Waals surface area contributed by atoms with Crippen LogP contribution >= 0.6 is 0 Å². The van der Waals surface area contributed by atoms with Crippen LogP contribution in [-0.2, 0) is 14.6 Å². The fourth-order valence-corrected chi connectivity index (χ4v) is 2.46. The van der Waals surface area contributed by atoms with E-state index in [4.69, 9.17) is 4.74 Å². The van der Waals surface area contributed by atoms with Gasteiger partial charge in [-0.3, -0.25) is 0 Å². The molecule has 0 radical (unpaired) electrons. The molecule has 10 heavy (non-hydrogen) atoms. The van der Waals surface area contributed by atoms with Crippen LogP contribution in [0.2, 0.25) is 0 Å². The average Bonchev–Trinajstić information content (AvgIpc) is 2.41. The second-order valence-corrected chi connectivity index (χ2v) is 5.34. The minimum atomic E-state index is -2.95. The van der Waals surface area contributed by atoms with Gasteiger partial charge in [-0.15, -0.1) is 0 Å². The summed E-state index contributed by atoms with van der Waals surface area (Å²) in [5, 5.41) is 0. The number of ether oxygens (including phenoxy) is 1. The zero-order chi connectivity index (χ0) is 7.99. The highest BCUT2D eigenvalue weighted by atomic mass is 32.2. The monoisotopic (exact) mass is 164 g/mol. The van der Waals surface area contributed by atoms with Crippen LogP contribution in [0.25, 0.3) is 0 Å². The number of sulfone groups is 1. The van der Waals surface area contributed by atoms with E-state index in [1.54, 1.807) is 20.8 Å². The van der Waals surface area contributed by atoms with Gasteiger partial charge in [0.05, 0.1) is 5.75 Å². The molecule has 0 saturated carbocycles. The second-order valence-electron chi connectivity index (χ2n) is 3.00. The first kappa shape index (κ1) is 8.01. The van der Waals surface area contributed by atoms with E-state index in [9.17, 15) is 8.42 Å². The molecule has 4 heteroatoms. The van der Waals surface area contributed by atoms with E-state index in [1.807, 2.05) is 0 Å². The average molecular weight is 164 g/mol. The Morgan fingerprint density at radius 3 is 2.00 bits per heavy atom. The van der Waals surface area contributed by atoms with E-state index in [2.05, 4.69) is 0 Å². The molecule has 0 unspecified atom stereocenters. The molecule has 1 rings (SSSR count). The van der Waals surface area contributed by atoms with E-state index in [-0.39, 0.29) is 5.75 Å². The zero-order valence-corrected chi connectivity index (χ0v) is 7.23. The standard InChI is InChI=1S/C6H12O3S/c1-4-10(7,8)5-6(2,3)9-5/h5H,4H2,1-3H3/t5-/m1/s1. The number of rotatable bonds is 2. The van der Waals surface area contributed by atoms with Gasteiger partial charge in [0.2, 0.25) is 0 Å². The molecule has 1 fully saturated rings. The van der Waals surface area contributed by atoms with Crippen molar-refractivity contribution in [2.75, 3.05) is 5.75 Å². The van der Waals surface area contributed by atoms with Crippen molar-refractivity contribution in [2.24, 2.45) is 0 Å². The highest BCUT2D eigenvalue weighted by molar-refractivity contribution is 7.92. The Bertz CT molecular complexity index is 227. The summed E-state index contributed by atoms with van der Waals surface area (Å²) in [6.07, 6.45) is 0. The van der Waals surface area contributed by atoms with Crippen molar-refractivity contribution in [1.82, 2.24) is 0 Å². The molecule has 3 nitrogen and oxygen atoms in total. The first-order chi connectivity index (χ1) is 4.40. The van der Waals surface area contributed by atoms with Gasteiger partial charge in [0, 0.05) is 0 Å². The minimum Gasteiger partial charge on any atom is -0.350 e. The van der Waals surface area contributed by atoms with E-state index < -0.39 is 20.9 Å². The van der Waals surface area contributed by atoms with E-state index in [0.29, 0.717) is 0 Å². The van der Waals surface area contributed by atoms with Crippen LogP contribution in [0.4, 0.5) is 0 Å². The SMILES string of the molecule is CCS(=O)(=O)[C@H]1OC1(C)C. The molecule has 0 aliphatic carbocycles. The Kier molecular flexibility index (Phi) is 1.56. The van der Waals surface area contributed by atoms with Crippen molar-refractivity contribution < 1.29 is 13.2 Å². The van der Waals surface area contributed by atoms with Gasteiger partial charge in [0.25, 0.3) is 0 Å². The summed E-state index contributed by atoms with van der Waals surface area (Å²) in [5.41, 5.74) is -0.987. The maximum absolute atomic E-state index is 11.1. The van der Waals surface area contributed by atoms with Gasteiger partial charge in [-0.2, -0.15) is 0 Å². The lowest BCUT2D eigenvalue weighted by molar-refractivity contribution is 0.337. The summed E-state index contributed by atoms with van der Waals surface area (Å²) in [4.78, 5) is 0. The van der Waals surface area contributed by atoms with Gasteiger partial charge in [0.1, 0.15) is 5.60 Å². The van der Waals surface area contributed by atoms with Crippen LogP contribution in [0.3, 0.4) is 0 Å². The molecule has 1 aliphatic heterocycles. The molecular weight excluding hydrogens is 152 g/mol. The molecule has 0 N–H and O–H groups in total. The molecule has 0 aromatic rings. The molecule has 0 aromatic carbocycles. The Morgan fingerprint density at radius 2 is 1.90 bits per heavy atom. The van der Waals surface area contributed by atoms with Gasteiger partial charge in [-0.25, -0.2) is 8.42 Å². The maximum Gasteiger partial charge on any atom is 0.187 e. The topological polar surface area (TPSA) is 46.7 Å². The first-order valence-electron chi connectivity index (χ1n) is 3.29. The molecule has 0 aromatic heterocycles. The quantitative estimate of drug-likeness (QED) is 0.560. The van der Waals surface area contributed by atoms with Crippen molar-refractivity contribution in [2.45, 2.75) is 31.8 Å². The van der Waals surface area contributed by atoms with Gasteiger partial charge in [-0.1, -0.05) is 6.92 Å². The summed E-state index contributed by atoms with van der Waals surface area (Å²) < 4.78 is 27.1. The van der Waals surface area contributed by atoms with E-state index >= 15 is 0 Å². The van der Waals surface area contributed by atoms with Crippen LogP contribution in [0.15, 0.2) is 0 Å². The van der Waals surface area contributed by atoms with Crippen molar-refractivity contribution in [1.29, 1.82) is 0 Å². The summed E-state index contributed by atoms with van der Waals surface area (Å²) in [6.45, 7) is 5.20.